The molecule has 0 aromatic heterocycles. The summed E-state index contributed by atoms with van der Waals surface area (Å²) in [7, 11) is 2.17. The average molecular weight is 253 g/mol. The van der Waals surface area contributed by atoms with Gasteiger partial charge in [-0.15, -0.1) is 0 Å². The molecule has 2 aliphatic heterocycles. The van der Waals surface area contributed by atoms with Crippen LogP contribution in [0.4, 0.5) is 0 Å². The first kappa shape index (κ1) is 13.8. The molecule has 0 aliphatic carbocycles. The van der Waals surface area contributed by atoms with E-state index in [2.05, 4.69) is 29.5 Å². The lowest BCUT2D eigenvalue weighted by Crippen LogP contribution is -2.48. The van der Waals surface area contributed by atoms with Crippen LogP contribution in [-0.4, -0.2) is 50.1 Å². The Kier molecular flexibility index (Phi) is 5.01. The fraction of sp³-hybridized carbons (Fsp3) is 0.929. The summed E-state index contributed by atoms with van der Waals surface area (Å²) in [4.78, 5) is 14.6. The number of hydrogen-bond donors (Lipinski definition) is 2. The standard InChI is InChI=1S/C14H27N3O/c1-11-9-15-7-6-13(11)14(18)16-10-12-5-3-4-8-17(12)2/h11-13,15H,3-10H2,1-2H3,(H,16,18). The molecule has 18 heavy (non-hydrogen) atoms. The van der Waals surface area contributed by atoms with Crippen LogP contribution in [0.1, 0.15) is 32.6 Å². The molecule has 0 spiro atoms. The summed E-state index contributed by atoms with van der Waals surface area (Å²) in [5.74, 6) is 0.936. The normalized spacial score (nSPS) is 34.2. The summed E-state index contributed by atoms with van der Waals surface area (Å²) in [6.07, 6.45) is 4.80. The number of likely N-dealkylation sites (tertiary alicyclic amines) is 1. The van der Waals surface area contributed by atoms with E-state index in [1.807, 2.05) is 0 Å². The van der Waals surface area contributed by atoms with Gasteiger partial charge >= 0.3 is 0 Å². The fourth-order valence-corrected chi connectivity index (χ4v) is 3.16. The lowest BCUT2D eigenvalue weighted by atomic mass is 9.87. The lowest BCUT2D eigenvalue weighted by Gasteiger charge is -2.34. The number of carbonyl (C=O) groups excluding carboxylic acids is 1. The first-order valence-corrected chi connectivity index (χ1v) is 7.37. The van der Waals surface area contributed by atoms with Gasteiger partial charge in [-0.25, -0.2) is 0 Å². The Hall–Kier alpha value is -0.610. The van der Waals surface area contributed by atoms with Gasteiger partial charge in [0, 0.05) is 18.5 Å². The number of likely N-dealkylation sites (N-methyl/N-ethyl adjacent to an activating group) is 1. The molecule has 2 fully saturated rings. The van der Waals surface area contributed by atoms with E-state index in [4.69, 9.17) is 0 Å². The van der Waals surface area contributed by atoms with Gasteiger partial charge in [-0.05, 0) is 51.9 Å². The van der Waals surface area contributed by atoms with E-state index in [0.29, 0.717) is 12.0 Å². The van der Waals surface area contributed by atoms with Gasteiger partial charge in [0.15, 0.2) is 0 Å². The van der Waals surface area contributed by atoms with Crippen molar-refractivity contribution in [2.45, 2.75) is 38.6 Å². The minimum Gasteiger partial charge on any atom is -0.354 e. The van der Waals surface area contributed by atoms with Gasteiger partial charge in [-0.1, -0.05) is 13.3 Å². The quantitative estimate of drug-likeness (QED) is 0.783. The molecule has 4 heteroatoms. The zero-order valence-corrected chi connectivity index (χ0v) is 11.7. The molecule has 104 valence electrons. The molecule has 2 N–H and O–H groups in total. The van der Waals surface area contributed by atoms with Crippen LogP contribution in [0, 0.1) is 11.8 Å². The third kappa shape index (κ3) is 3.45. The summed E-state index contributed by atoms with van der Waals surface area (Å²) in [6.45, 7) is 6.12. The van der Waals surface area contributed by atoms with Crippen LogP contribution in [-0.2, 0) is 4.79 Å². The average Bonchev–Trinajstić information content (AvgIpc) is 2.38. The van der Waals surface area contributed by atoms with Gasteiger partial charge in [-0.2, -0.15) is 0 Å². The second-order valence-electron chi connectivity index (χ2n) is 5.95. The fourth-order valence-electron chi connectivity index (χ4n) is 3.16. The predicted molar refractivity (Wildman–Crippen MR) is 73.4 cm³/mol. The van der Waals surface area contributed by atoms with E-state index in [-0.39, 0.29) is 11.8 Å². The molecule has 0 bridgehead atoms. The van der Waals surface area contributed by atoms with Crippen LogP contribution in [0.15, 0.2) is 0 Å². The molecule has 4 nitrogen and oxygen atoms in total. The first-order chi connectivity index (χ1) is 8.68. The molecule has 2 heterocycles. The summed E-state index contributed by atoms with van der Waals surface area (Å²) in [5.41, 5.74) is 0. The van der Waals surface area contributed by atoms with Crippen LogP contribution < -0.4 is 10.6 Å². The van der Waals surface area contributed by atoms with Gasteiger partial charge in [0.1, 0.15) is 0 Å². The van der Waals surface area contributed by atoms with Crippen molar-refractivity contribution < 1.29 is 4.79 Å². The number of nitrogens with zero attached hydrogens (tertiary/aromatic N) is 1. The van der Waals surface area contributed by atoms with Crippen molar-refractivity contribution in [3.63, 3.8) is 0 Å². The SMILES string of the molecule is CC1CNCCC1C(=O)NCC1CCCCN1C. The van der Waals surface area contributed by atoms with Crippen molar-refractivity contribution in [2.75, 3.05) is 33.2 Å². The number of nitrogens with one attached hydrogen (secondary N) is 2. The number of amides is 1. The molecular weight excluding hydrogens is 226 g/mol. The summed E-state index contributed by atoms with van der Waals surface area (Å²) >= 11 is 0. The van der Waals surface area contributed by atoms with Crippen molar-refractivity contribution >= 4 is 5.91 Å². The molecule has 2 saturated heterocycles. The minimum absolute atomic E-state index is 0.208. The van der Waals surface area contributed by atoms with E-state index in [1.54, 1.807) is 0 Å². The monoisotopic (exact) mass is 253 g/mol. The Labute approximate surface area is 110 Å². The maximum Gasteiger partial charge on any atom is 0.223 e. The van der Waals surface area contributed by atoms with Gasteiger partial charge in [-0.3, -0.25) is 4.79 Å². The zero-order chi connectivity index (χ0) is 13.0. The number of piperidine rings is 2. The zero-order valence-electron chi connectivity index (χ0n) is 11.7. The van der Waals surface area contributed by atoms with E-state index >= 15 is 0 Å². The summed E-state index contributed by atoms with van der Waals surface area (Å²) < 4.78 is 0. The molecule has 3 atom stereocenters. The van der Waals surface area contributed by atoms with E-state index < -0.39 is 0 Å². The Morgan fingerprint density at radius 1 is 1.39 bits per heavy atom. The van der Waals surface area contributed by atoms with Crippen LogP contribution in [0.5, 0.6) is 0 Å². The highest BCUT2D eigenvalue weighted by atomic mass is 16.1. The smallest absolute Gasteiger partial charge is 0.223 e. The molecule has 2 rings (SSSR count). The van der Waals surface area contributed by atoms with Gasteiger partial charge < -0.3 is 15.5 Å². The molecule has 3 unspecified atom stereocenters. The van der Waals surface area contributed by atoms with Crippen LogP contribution in [0.3, 0.4) is 0 Å². The van der Waals surface area contributed by atoms with Crippen LogP contribution >= 0.6 is 0 Å². The second-order valence-corrected chi connectivity index (χ2v) is 5.95. The maximum absolute atomic E-state index is 12.2. The van der Waals surface area contributed by atoms with Crippen molar-refractivity contribution in [3.8, 4) is 0 Å². The Balaban J connectivity index is 1.76. The molecule has 0 radical (unpaired) electrons. The molecular formula is C14H27N3O. The Morgan fingerprint density at radius 2 is 2.22 bits per heavy atom. The lowest BCUT2D eigenvalue weighted by molar-refractivity contribution is -0.127. The molecule has 1 amide bonds. The number of carbonyl (C=O) groups is 1. The van der Waals surface area contributed by atoms with Crippen molar-refractivity contribution in [1.82, 2.24) is 15.5 Å². The first-order valence-electron chi connectivity index (χ1n) is 7.37. The molecule has 0 aromatic rings. The minimum atomic E-state index is 0.208. The molecule has 0 aromatic carbocycles. The third-order valence-electron chi connectivity index (χ3n) is 4.56. The van der Waals surface area contributed by atoms with E-state index in [1.165, 1.54) is 25.8 Å². The van der Waals surface area contributed by atoms with E-state index in [0.717, 1.165) is 26.1 Å². The molecule has 0 saturated carbocycles. The number of rotatable bonds is 3. The van der Waals surface area contributed by atoms with Gasteiger partial charge in [0.05, 0.1) is 0 Å². The summed E-state index contributed by atoms with van der Waals surface area (Å²) in [5, 5.41) is 6.52. The summed E-state index contributed by atoms with van der Waals surface area (Å²) in [6, 6.07) is 0.541. The largest absolute Gasteiger partial charge is 0.354 e. The maximum atomic E-state index is 12.2. The van der Waals surface area contributed by atoms with Gasteiger partial charge in [0.25, 0.3) is 0 Å². The van der Waals surface area contributed by atoms with E-state index in [9.17, 15) is 4.79 Å². The number of hydrogen-bond acceptors (Lipinski definition) is 3. The second kappa shape index (κ2) is 6.53. The Bertz CT molecular complexity index is 282. The van der Waals surface area contributed by atoms with Crippen LogP contribution in [0.2, 0.25) is 0 Å². The van der Waals surface area contributed by atoms with Crippen molar-refractivity contribution in [2.24, 2.45) is 11.8 Å². The van der Waals surface area contributed by atoms with Crippen molar-refractivity contribution in [1.29, 1.82) is 0 Å². The highest BCUT2D eigenvalue weighted by molar-refractivity contribution is 5.79. The van der Waals surface area contributed by atoms with Crippen molar-refractivity contribution in [3.05, 3.63) is 0 Å². The van der Waals surface area contributed by atoms with Crippen LogP contribution in [0.25, 0.3) is 0 Å². The van der Waals surface area contributed by atoms with Gasteiger partial charge in [0.2, 0.25) is 5.91 Å². The highest BCUT2D eigenvalue weighted by Gasteiger charge is 2.28. The topological polar surface area (TPSA) is 44.4 Å². The third-order valence-corrected chi connectivity index (χ3v) is 4.56. The predicted octanol–water partition coefficient (Wildman–Crippen LogP) is 0.833. The highest BCUT2D eigenvalue weighted by Crippen LogP contribution is 2.19. The Morgan fingerprint density at radius 3 is 2.94 bits per heavy atom. The molecule has 2 aliphatic rings.